The number of benzene rings is 2. The number of primary amides is 1. The summed E-state index contributed by atoms with van der Waals surface area (Å²) >= 11 is 0. The Hall–Kier alpha value is -2.87. The van der Waals surface area contributed by atoms with Crippen molar-refractivity contribution in [3.8, 4) is 0 Å². The van der Waals surface area contributed by atoms with Crippen molar-refractivity contribution in [3.05, 3.63) is 53.1 Å². The van der Waals surface area contributed by atoms with Crippen LogP contribution in [-0.2, 0) is 27.7 Å². The summed E-state index contributed by atoms with van der Waals surface area (Å²) in [6.07, 6.45) is 2.53. The van der Waals surface area contributed by atoms with Crippen LogP contribution in [0.5, 0.6) is 0 Å². The summed E-state index contributed by atoms with van der Waals surface area (Å²) in [7, 11) is -3.79. The zero-order valence-electron chi connectivity index (χ0n) is 14.6. The fraction of sp³-hybridized carbons (Fsp3) is 0.263. The molecular formula is C19H19N3O4S. The van der Waals surface area contributed by atoms with Gasteiger partial charge in [0, 0.05) is 24.2 Å². The highest BCUT2D eigenvalue weighted by Crippen LogP contribution is 2.37. The minimum atomic E-state index is -3.79. The molecule has 0 radical (unpaired) electrons. The van der Waals surface area contributed by atoms with Gasteiger partial charge in [0.1, 0.15) is 0 Å². The Kier molecular flexibility index (Phi) is 4.15. The maximum absolute atomic E-state index is 12.9. The number of amides is 2. The molecule has 0 fully saturated rings. The summed E-state index contributed by atoms with van der Waals surface area (Å²) in [6.45, 7) is 0.690. The maximum Gasteiger partial charge on any atom is 0.261 e. The third-order valence-corrected chi connectivity index (χ3v) is 6.34. The van der Waals surface area contributed by atoms with Gasteiger partial charge in [-0.1, -0.05) is 0 Å². The lowest BCUT2D eigenvalue weighted by Crippen LogP contribution is -2.39. The van der Waals surface area contributed by atoms with E-state index in [2.05, 4.69) is 4.72 Å². The van der Waals surface area contributed by atoms with Gasteiger partial charge in [-0.3, -0.25) is 14.3 Å². The zero-order chi connectivity index (χ0) is 19.2. The fourth-order valence-corrected chi connectivity index (χ4v) is 4.85. The van der Waals surface area contributed by atoms with Gasteiger partial charge < -0.3 is 10.6 Å². The van der Waals surface area contributed by atoms with E-state index in [9.17, 15) is 18.0 Å². The molecule has 27 heavy (non-hydrogen) atoms. The van der Waals surface area contributed by atoms with E-state index in [1.54, 1.807) is 17.0 Å². The molecule has 2 aromatic rings. The van der Waals surface area contributed by atoms with Crippen LogP contribution < -0.4 is 15.4 Å². The van der Waals surface area contributed by atoms with Crippen molar-refractivity contribution in [3.63, 3.8) is 0 Å². The molecule has 2 aliphatic heterocycles. The number of aryl methyl sites for hydroxylation is 2. The number of nitrogens with two attached hydrogens (primary N) is 1. The lowest BCUT2D eigenvalue weighted by atomic mass is 9.92. The predicted octanol–water partition coefficient (Wildman–Crippen LogP) is 1.81. The molecular weight excluding hydrogens is 366 g/mol. The molecule has 0 spiro atoms. The van der Waals surface area contributed by atoms with Crippen LogP contribution in [-0.4, -0.2) is 26.8 Å². The number of sulfonamides is 1. The molecule has 4 rings (SSSR count). The topological polar surface area (TPSA) is 110 Å². The predicted molar refractivity (Wildman–Crippen MR) is 101 cm³/mol. The zero-order valence-corrected chi connectivity index (χ0v) is 15.4. The van der Waals surface area contributed by atoms with Gasteiger partial charge in [-0.15, -0.1) is 0 Å². The minimum absolute atomic E-state index is 0.103. The number of anilines is 2. The first-order valence-electron chi connectivity index (χ1n) is 8.74. The van der Waals surface area contributed by atoms with Crippen LogP contribution in [0.15, 0.2) is 41.3 Å². The summed E-state index contributed by atoms with van der Waals surface area (Å²) in [6, 6.07) is 9.26. The van der Waals surface area contributed by atoms with Gasteiger partial charge in [0.2, 0.25) is 11.8 Å². The molecule has 3 N–H and O–H groups in total. The number of carbonyl (C=O) groups excluding carboxylic acids is 2. The van der Waals surface area contributed by atoms with E-state index in [0.717, 1.165) is 29.7 Å². The molecule has 2 aliphatic rings. The minimum Gasteiger partial charge on any atom is -0.366 e. The molecule has 2 amide bonds. The monoisotopic (exact) mass is 385 g/mol. The number of hydrogen-bond donors (Lipinski definition) is 2. The molecule has 0 unspecified atom stereocenters. The number of nitrogens with one attached hydrogen (secondary N) is 1. The first-order valence-corrected chi connectivity index (χ1v) is 10.2. The van der Waals surface area contributed by atoms with Gasteiger partial charge in [0.15, 0.2) is 0 Å². The van der Waals surface area contributed by atoms with Crippen LogP contribution in [0.4, 0.5) is 11.4 Å². The second kappa shape index (κ2) is 6.38. The Morgan fingerprint density at radius 1 is 1.04 bits per heavy atom. The third-order valence-electron chi connectivity index (χ3n) is 4.98. The van der Waals surface area contributed by atoms with E-state index in [0.29, 0.717) is 30.6 Å². The van der Waals surface area contributed by atoms with E-state index in [4.69, 9.17) is 5.73 Å². The van der Waals surface area contributed by atoms with Gasteiger partial charge in [0.05, 0.1) is 10.6 Å². The molecule has 8 heteroatoms. The van der Waals surface area contributed by atoms with Crippen LogP contribution in [0.2, 0.25) is 0 Å². The lowest BCUT2D eigenvalue weighted by molar-refractivity contribution is -0.119. The highest BCUT2D eigenvalue weighted by Gasteiger charge is 2.31. The molecule has 7 nitrogen and oxygen atoms in total. The second-order valence-corrected chi connectivity index (χ2v) is 8.47. The Labute approximate surface area is 157 Å². The van der Waals surface area contributed by atoms with Crippen LogP contribution in [0.1, 0.15) is 34.3 Å². The normalized spacial score (nSPS) is 16.0. The first-order chi connectivity index (χ1) is 12.8. The number of rotatable bonds is 4. The SMILES string of the molecule is NC(=O)c1ccc(NS(=O)(=O)c2cc3c4c(c2)CCC(=O)N4CCC3)cc1. The Balaban J connectivity index is 1.68. The largest absolute Gasteiger partial charge is 0.366 e. The third kappa shape index (κ3) is 3.16. The summed E-state index contributed by atoms with van der Waals surface area (Å²) in [4.78, 5) is 25.2. The van der Waals surface area contributed by atoms with Crippen molar-refractivity contribution in [1.82, 2.24) is 0 Å². The van der Waals surface area contributed by atoms with Crippen molar-refractivity contribution < 1.29 is 18.0 Å². The van der Waals surface area contributed by atoms with Gasteiger partial charge in [-0.05, 0) is 66.8 Å². The van der Waals surface area contributed by atoms with E-state index in [-0.39, 0.29) is 10.8 Å². The van der Waals surface area contributed by atoms with Crippen LogP contribution in [0.25, 0.3) is 0 Å². The smallest absolute Gasteiger partial charge is 0.261 e. The number of hydrogen-bond acceptors (Lipinski definition) is 4. The van der Waals surface area contributed by atoms with Crippen molar-refractivity contribution in [2.24, 2.45) is 5.73 Å². The quantitative estimate of drug-likeness (QED) is 0.836. The van der Waals surface area contributed by atoms with Crippen molar-refractivity contribution in [2.75, 3.05) is 16.2 Å². The van der Waals surface area contributed by atoms with Gasteiger partial charge in [0.25, 0.3) is 10.0 Å². The molecule has 2 aromatic carbocycles. The standard InChI is InChI=1S/C19H19N3O4S/c20-19(24)12-3-6-15(7-4-12)21-27(25,26)16-10-13-2-1-9-22-17(23)8-5-14(11-16)18(13)22/h3-4,6-7,10-11,21H,1-2,5,8-9H2,(H2,20,24). The molecule has 2 heterocycles. The van der Waals surface area contributed by atoms with Crippen LogP contribution >= 0.6 is 0 Å². The van der Waals surface area contributed by atoms with Crippen molar-refractivity contribution in [2.45, 2.75) is 30.6 Å². The number of carbonyl (C=O) groups is 2. The molecule has 0 aliphatic carbocycles. The van der Waals surface area contributed by atoms with Crippen LogP contribution in [0.3, 0.4) is 0 Å². The van der Waals surface area contributed by atoms with E-state index in [1.165, 1.54) is 24.3 Å². The first kappa shape index (κ1) is 17.5. The Morgan fingerprint density at radius 2 is 1.70 bits per heavy atom. The van der Waals surface area contributed by atoms with Crippen LogP contribution in [0, 0.1) is 0 Å². The highest BCUT2D eigenvalue weighted by molar-refractivity contribution is 7.92. The van der Waals surface area contributed by atoms with Gasteiger partial charge in [-0.25, -0.2) is 8.42 Å². The molecule has 140 valence electrons. The number of nitrogens with zero attached hydrogens (tertiary/aromatic N) is 1. The van der Waals surface area contributed by atoms with E-state index < -0.39 is 15.9 Å². The molecule has 0 aromatic heterocycles. The summed E-state index contributed by atoms with van der Waals surface area (Å²) in [5.74, 6) is -0.469. The summed E-state index contributed by atoms with van der Waals surface area (Å²) in [5.41, 5.74) is 8.55. The van der Waals surface area contributed by atoms with Crippen molar-refractivity contribution >= 4 is 33.2 Å². The summed E-state index contributed by atoms with van der Waals surface area (Å²) in [5, 5.41) is 0. The maximum atomic E-state index is 12.9. The molecule has 0 saturated heterocycles. The average Bonchev–Trinajstić information content (AvgIpc) is 2.64. The summed E-state index contributed by atoms with van der Waals surface area (Å²) < 4.78 is 28.2. The van der Waals surface area contributed by atoms with E-state index in [1.807, 2.05) is 0 Å². The van der Waals surface area contributed by atoms with Gasteiger partial charge in [-0.2, -0.15) is 0 Å². The lowest BCUT2D eigenvalue weighted by Gasteiger charge is -2.35. The Bertz CT molecular complexity index is 1030. The van der Waals surface area contributed by atoms with Crippen molar-refractivity contribution in [1.29, 1.82) is 0 Å². The molecule has 0 atom stereocenters. The Morgan fingerprint density at radius 3 is 2.37 bits per heavy atom. The second-order valence-electron chi connectivity index (χ2n) is 6.79. The van der Waals surface area contributed by atoms with Gasteiger partial charge >= 0.3 is 0 Å². The molecule has 0 saturated carbocycles. The highest BCUT2D eigenvalue weighted by atomic mass is 32.2. The average molecular weight is 385 g/mol. The van der Waals surface area contributed by atoms with E-state index >= 15 is 0 Å². The fourth-order valence-electron chi connectivity index (χ4n) is 3.69. The molecule has 0 bridgehead atoms.